The monoisotopic (exact) mass is 600 g/mol. The first-order chi connectivity index (χ1) is 21.7. The third-order valence-electron chi connectivity index (χ3n) is 8.87. The molecule has 0 spiro atoms. The quantitative estimate of drug-likeness (QED) is 0.161. The third kappa shape index (κ3) is 3.95. The van der Waals surface area contributed by atoms with Crippen molar-refractivity contribution in [2.45, 2.75) is 17.1 Å². The van der Waals surface area contributed by atoms with Gasteiger partial charge in [-0.2, -0.15) is 0 Å². The molecule has 0 fully saturated rings. The highest BCUT2D eigenvalue weighted by Gasteiger charge is 2.18. The van der Waals surface area contributed by atoms with Gasteiger partial charge < -0.3 is 10.3 Å². The fourth-order valence-electron chi connectivity index (χ4n) is 6.83. The molecule has 0 amide bonds. The van der Waals surface area contributed by atoms with E-state index in [2.05, 4.69) is 138 Å². The van der Waals surface area contributed by atoms with Crippen molar-refractivity contribution in [2.24, 2.45) is 0 Å². The van der Waals surface area contributed by atoms with Crippen LogP contribution in [0.15, 0.2) is 126 Å². The second kappa shape index (κ2) is 10.2. The largest absolute Gasteiger partial charge is 0.398 e. The van der Waals surface area contributed by atoms with Gasteiger partial charge in [0.2, 0.25) is 0 Å². The van der Waals surface area contributed by atoms with Crippen molar-refractivity contribution in [3.8, 4) is 5.69 Å². The van der Waals surface area contributed by atoms with Crippen LogP contribution in [0.3, 0.4) is 0 Å². The van der Waals surface area contributed by atoms with Crippen LogP contribution in [-0.2, 0) is 5.75 Å². The fourth-order valence-corrected chi connectivity index (χ4v) is 9.18. The van der Waals surface area contributed by atoms with Crippen LogP contribution >= 0.6 is 23.1 Å². The fraction of sp³-hybridized carbons (Fsp3) is 0.0500. The van der Waals surface area contributed by atoms with Crippen LogP contribution in [0.4, 0.5) is 5.69 Å². The number of aromatic nitrogens is 1. The Hall–Kier alpha value is -4.77. The first-order valence-electron chi connectivity index (χ1n) is 15.0. The minimum Gasteiger partial charge on any atom is -0.398 e. The van der Waals surface area contributed by atoms with Crippen molar-refractivity contribution in [1.29, 1.82) is 0 Å². The number of hydrogen-bond donors (Lipinski definition) is 1. The minimum absolute atomic E-state index is 0.839. The van der Waals surface area contributed by atoms with E-state index in [1.54, 1.807) is 0 Å². The Morgan fingerprint density at radius 1 is 0.682 bits per heavy atom. The third-order valence-corrected chi connectivity index (χ3v) is 11.2. The van der Waals surface area contributed by atoms with Crippen molar-refractivity contribution in [3.05, 3.63) is 137 Å². The van der Waals surface area contributed by atoms with Gasteiger partial charge in [-0.25, -0.2) is 0 Å². The second-order valence-electron chi connectivity index (χ2n) is 11.4. The summed E-state index contributed by atoms with van der Waals surface area (Å²) in [6.45, 7) is 0. The zero-order chi connectivity index (χ0) is 29.2. The Morgan fingerprint density at radius 3 is 2.32 bits per heavy atom. The molecule has 1 aliphatic carbocycles. The molecule has 2 nitrogen and oxygen atoms in total. The molecule has 0 radical (unpaired) electrons. The summed E-state index contributed by atoms with van der Waals surface area (Å²) in [6.07, 6.45) is 9.98. The second-order valence-corrected chi connectivity index (χ2v) is 13.5. The summed E-state index contributed by atoms with van der Waals surface area (Å²) in [5.41, 5.74) is 13.8. The Labute approximate surface area is 263 Å². The van der Waals surface area contributed by atoms with Gasteiger partial charge in [0.15, 0.2) is 0 Å². The maximum absolute atomic E-state index is 6.67. The highest BCUT2D eigenvalue weighted by molar-refractivity contribution is 7.99. The van der Waals surface area contributed by atoms with Crippen molar-refractivity contribution < 1.29 is 0 Å². The topological polar surface area (TPSA) is 30.9 Å². The number of allylic oxidation sites excluding steroid dienone is 2. The van der Waals surface area contributed by atoms with Crippen LogP contribution in [-0.4, -0.2) is 4.57 Å². The Morgan fingerprint density at radius 2 is 1.43 bits per heavy atom. The molecular formula is C40H28N2S2. The predicted molar refractivity (Wildman–Crippen MR) is 194 cm³/mol. The lowest BCUT2D eigenvalue weighted by Crippen LogP contribution is -1.97. The molecule has 1 aliphatic rings. The van der Waals surface area contributed by atoms with E-state index >= 15 is 0 Å². The molecule has 0 aliphatic heterocycles. The zero-order valence-electron chi connectivity index (χ0n) is 24.0. The number of anilines is 1. The van der Waals surface area contributed by atoms with Crippen LogP contribution in [0.5, 0.6) is 0 Å². The number of thiophene rings is 1. The molecule has 2 N–H and O–H groups in total. The first-order valence-corrected chi connectivity index (χ1v) is 16.8. The number of benzene rings is 6. The summed E-state index contributed by atoms with van der Waals surface area (Å²) in [6, 6.07) is 39.9. The molecule has 6 aromatic carbocycles. The van der Waals surface area contributed by atoms with Gasteiger partial charge in [0.1, 0.15) is 0 Å². The normalized spacial score (nSPS) is 13.0. The number of nitrogen functional groups attached to an aromatic ring is 1. The standard InChI is InChI=1S/C40H28N2S2/c41-33-19-21-38-39(31-15-2-1-3-17-37(31)44-38)40(33)43-24-27-18-20-35(29-13-7-6-12-28(27)29)42-34-16-9-8-14-30(34)32-22-25-10-4-5-11-26(25)23-36(32)42/h2-23H,1,24,41H2. The molecule has 4 heteroatoms. The van der Waals surface area contributed by atoms with E-state index in [-0.39, 0.29) is 0 Å². The Kier molecular flexibility index (Phi) is 5.93. The van der Waals surface area contributed by atoms with E-state index < -0.39 is 0 Å². The summed E-state index contributed by atoms with van der Waals surface area (Å²) in [7, 11) is 0. The maximum atomic E-state index is 6.67. The molecule has 0 unspecified atom stereocenters. The molecule has 2 heterocycles. The highest BCUT2D eigenvalue weighted by Crippen LogP contribution is 2.45. The first kappa shape index (κ1) is 25.7. The average molecular weight is 601 g/mol. The molecule has 2 aromatic heterocycles. The van der Waals surface area contributed by atoms with Crippen molar-refractivity contribution in [1.82, 2.24) is 4.57 Å². The van der Waals surface area contributed by atoms with Gasteiger partial charge in [-0.05, 0) is 70.6 Å². The van der Waals surface area contributed by atoms with Crippen molar-refractivity contribution >= 4 is 94.4 Å². The van der Waals surface area contributed by atoms with Crippen LogP contribution in [0, 0.1) is 0 Å². The number of hydrogen-bond acceptors (Lipinski definition) is 3. The zero-order valence-corrected chi connectivity index (χ0v) is 25.6. The van der Waals surface area contributed by atoms with Crippen LogP contribution in [0.25, 0.3) is 71.3 Å². The average Bonchev–Trinajstić information content (AvgIpc) is 3.47. The van der Waals surface area contributed by atoms with E-state index in [9.17, 15) is 0 Å². The van der Waals surface area contributed by atoms with E-state index in [1.807, 2.05) is 23.1 Å². The van der Waals surface area contributed by atoms with Gasteiger partial charge in [-0.15, -0.1) is 23.1 Å². The van der Waals surface area contributed by atoms with Crippen LogP contribution in [0.2, 0.25) is 0 Å². The van der Waals surface area contributed by atoms with Crippen molar-refractivity contribution in [2.75, 3.05) is 5.73 Å². The van der Waals surface area contributed by atoms with Gasteiger partial charge in [-0.1, -0.05) is 91.0 Å². The van der Waals surface area contributed by atoms with Gasteiger partial charge >= 0.3 is 0 Å². The number of rotatable bonds is 4. The molecule has 210 valence electrons. The summed E-state index contributed by atoms with van der Waals surface area (Å²) in [5.74, 6) is 0.839. The molecule has 0 saturated heterocycles. The number of nitrogens with two attached hydrogens (primary N) is 1. The molecular weight excluding hydrogens is 573 g/mol. The van der Waals surface area contributed by atoms with E-state index in [0.29, 0.717) is 0 Å². The molecule has 8 aromatic rings. The molecule has 9 rings (SSSR count). The van der Waals surface area contributed by atoms with E-state index in [1.165, 1.54) is 80.0 Å². The molecule has 44 heavy (non-hydrogen) atoms. The lowest BCUT2D eigenvalue weighted by molar-refractivity contribution is 1.19. The number of para-hydroxylation sites is 1. The van der Waals surface area contributed by atoms with Gasteiger partial charge in [0.25, 0.3) is 0 Å². The number of thioether (sulfide) groups is 1. The molecule has 0 saturated carbocycles. The lowest BCUT2D eigenvalue weighted by atomic mass is 10.0. The Balaban J connectivity index is 1.20. The SMILES string of the molecule is Nc1ccc2sc3c(c2c1SCc1ccc(-n2c4ccccc4c4cc5ccccc5cc42)c2ccccc12)C=CCC=C3. The van der Waals surface area contributed by atoms with E-state index in [0.717, 1.165) is 17.9 Å². The van der Waals surface area contributed by atoms with Crippen LogP contribution < -0.4 is 5.73 Å². The smallest absolute Gasteiger partial charge is 0.0547 e. The minimum atomic E-state index is 0.839. The summed E-state index contributed by atoms with van der Waals surface area (Å²) >= 11 is 3.71. The molecule has 0 atom stereocenters. The van der Waals surface area contributed by atoms with E-state index in [4.69, 9.17) is 5.73 Å². The Bertz CT molecular complexity index is 2490. The summed E-state index contributed by atoms with van der Waals surface area (Å²) in [5, 5.41) is 8.90. The number of nitrogens with zero attached hydrogens (tertiary/aromatic N) is 1. The summed E-state index contributed by atoms with van der Waals surface area (Å²) in [4.78, 5) is 2.50. The van der Waals surface area contributed by atoms with Gasteiger partial charge in [-0.3, -0.25) is 0 Å². The highest BCUT2D eigenvalue weighted by atomic mass is 32.2. The van der Waals surface area contributed by atoms with Gasteiger partial charge in [0.05, 0.1) is 16.7 Å². The summed E-state index contributed by atoms with van der Waals surface area (Å²) < 4.78 is 3.75. The lowest BCUT2D eigenvalue weighted by Gasteiger charge is -2.15. The maximum Gasteiger partial charge on any atom is 0.0547 e. The van der Waals surface area contributed by atoms with Gasteiger partial charge in [0, 0.05) is 53.0 Å². The molecule has 0 bridgehead atoms. The van der Waals surface area contributed by atoms with Crippen molar-refractivity contribution in [3.63, 3.8) is 0 Å². The number of fused-ring (bicyclic) bond motifs is 8. The predicted octanol–water partition coefficient (Wildman–Crippen LogP) is 11.6. The van der Waals surface area contributed by atoms with Crippen LogP contribution in [0.1, 0.15) is 22.4 Å².